The highest BCUT2D eigenvalue weighted by atomic mass is 35.6. The molecule has 2 nitrogen and oxygen atoms in total. The van der Waals surface area contributed by atoms with Crippen molar-refractivity contribution in [2.24, 2.45) is 5.92 Å². The lowest BCUT2D eigenvalue weighted by molar-refractivity contribution is 0.0696. The molecule has 1 N–H and O–H groups in total. The van der Waals surface area contributed by atoms with Gasteiger partial charge in [-0.1, -0.05) is 54.7 Å². The Kier molecular flexibility index (Phi) is 5.87. The second kappa shape index (κ2) is 6.57. The third kappa shape index (κ3) is 4.45. The summed E-state index contributed by atoms with van der Waals surface area (Å²) in [6, 6.07) is 3.06. The molecule has 0 aliphatic carbocycles. The van der Waals surface area contributed by atoms with Gasteiger partial charge in [-0.05, 0) is 24.5 Å². The second-order valence-electron chi connectivity index (χ2n) is 4.62. The van der Waals surface area contributed by atoms with Crippen LogP contribution in [0.4, 0.5) is 0 Å². The quantitative estimate of drug-likeness (QED) is 0.599. The maximum absolute atomic E-state index is 11.2. The van der Waals surface area contributed by atoms with Crippen LogP contribution in [-0.2, 0) is 3.79 Å². The predicted molar refractivity (Wildman–Crippen MR) is 82.9 cm³/mol. The molecule has 0 spiro atoms. The number of halogens is 3. The zero-order valence-electron chi connectivity index (χ0n) is 10.8. The topological polar surface area (TPSA) is 37.3 Å². The van der Waals surface area contributed by atoms with Crippen LogP contribution in [0.2, 0.25) is 0 Å². The van der Waals surface area contributed by atoms with Gasteiger partial charge < -0.3 is 5.11 Å². The van der Waals surface area contributed by atoms with Crippen LogP contribution in [-0.4, -0.2) is 16.8 Å². The van der Waals surface area contributed by atoms with Gasteiger partial charge in [0.2, 0.25) is 3.79 Å². The van der Waals surface area contributed by atoms with Gasteiger partial charge in [0.25, 0.3) is 0 Å². The van der Waals surface area contributed by atoms with Gasteiger partial charge in [-0.15, -0.1) is 11.8 Å². The third-order valence-electron chi connectivity index (χ3n) is 2.50. The summed E-state index contributed by atoms with van der Waals surface area (Å²) in [4.78, 5) is 11.9. The molecule has 0 amide bonds. The van der Waals surface area contributed by atoms with Crippen LogP contribution in [0.1, 0.15) is 35.3 Å². The highest BCUT2D eigenvalue weighted by molar-refractivity contribution is 7.99. The van der Waals surface area contributed by atoms with Crippen molar-refractivity contribution in [3.63, 3.8) is 0 Å². The Balaban J connectivity index is 3.33. The minimum atomic E-state index is -1.55. The first-order chi connectivity index (χ1) is 8.64. The van der Waals surface area contributed by atoms with E-state index < -0.39 is 9.76 Å². The smallest absolute Gasteiger partial charge is 0.335 e. The fraction of sp³-hybridized carbons (Fsp3) is 0.462. The van der Waals surface area contributed by atoms with Gasteiger partial charge in [0.15, 0.2) is 0 Å². The van der Waals surface area contributed by atoms with E-state index in [9.17, 15) is 4.79 Å². The minimum Gasteiger partial charge on any atom is -0.478 e. The van der Waals surface area contributed by atoms with Crippen molar-refractivity contribution in [3.8, 4) is 0 Å². The lowest BCUT2D eigenvalue weighted by Gasteiger charge is -2.20. The van der Waals surface area contributed by atoms with E-state index >= 15 is 0 Å². The molecular weight excluding hydrogens is 327 g/mol. The molecule has 1 rings (SSSR count). The molecule has 6 heteroatoms. The van der Waals surface area contributed by atoms with Gasteiger partial charge in [0.05, 0.1) is 5.56 Å². The summed E-state index contributed by atoms with van der Waals surface area (Å²) in [5.74, 6) is 0.318. The lowest BCUT2D eigenvalue weighted by atomic mass is 10.1. The van der Waals surface area contributed by atoms with Crippen LogP contribution in [0.15, 0.2) is 17.0 Å². The van der Waals surface area contributed by atoms with Gasteiger partial charge in [-0.2, -0.15) is 0 Å². The molecule has 1 aromatic carbocycles. The minimum absolute atomic E-state index is 0.240. The number of aromatic carboxylic acids is 1. The summed E-state index contributed by atoms with van der Waals surface area (Å²) < 4.78 is -1.55. The zero-order chi connectivity index (χ0) is 14.8. The Bertz CT molecular complexity index is 482. The van der Waals surface area contributed by atoms with Gasteiger partial charge in [-0.25, -0.2) is 4.79 Å². The summed E-state index contributed by atoms with van der Waals surface area (Å²) in [5, 5.41) is 9.15. The Labute approximate surface area is 132 Å². The second-order valence-corrected chi connectivity index (χ2v) is 7.93. The summed E-state index contributed by atoms with van der Waals surface area (Å²) in [6.07, 6.45) is 0. The molecule has 0 saturated heterocycles. The first-order valence-corrected chi connectivity index (χ1v) is 7.83. The van der Waals surface area contributed by atoms with E-state index in [4.69, 9.17) is 39.9 Å². The number of carbonyl (C=O) groups is 1. The molecule has 0 fully saturated rings. The summed E-state index contributed by atoms with van der Waals surface area (Å²) >= 11 is 19.4. The molecule has 0 bridgehead atoms. The number of rotatable bonds is 4. The van der Waals surface area contributed by atoms with Crippen molar-refractivity contribution in [1.82, 2.24) is 0 Å². The van der Waals surface area contributed by atoms with Gasteiger partial charge >= 0.3 is 5.97 Å². The number of hydrogen-bond acceptors (Lipinski definition) is 2. The molecule has 0 heterocycles. The van der Waals surface area contributed by atoms with Crippen LogP contribution >= 0.6 is 46.6 Å². The molecule has 0 radical (unpaired) electrons. The van der Waals surface area contributed by atoms with E-state index in [0.29, 0.717) is 17.0 Å². The summed E-state index contributed by atoms with van der Waals surface area (Å²) in [7, 11) is 0. The maximum Gasteiger partial charge on any atom is 0.335 e. The number of benzene rings is 1. The molecule has 0 atom stereocenters. The van der Waals surface area contributed by atoms with E-state index in [0.717, 1.165) is 10.6 Å². The van der Waals surface area contributed by atoms with Gasteiger partial charge in [0, 0.05) is 16.2 Å². The number of alkyl halides is 3. The SMILES string of the molecule is Cc1c(C(=O)O)ccc(C(Cl)(Cl)Cl)c1SCC(C)C. The van der Waals surface area contributed by atoms with Crippen molar-refractivity contribution in [1.29, 1.82) is 0 Å². The normalized spacial score (nSPS) is 11.9. The molecule has 19 heavy (non-hydrogen) atoms. The molecule has 1 aromatic rings. The van der Waals surface area contributed by atoms with Gasteiger partial charge in [0.1, 0.15) is 0 Å². The molecular formula is C13H15Cl3O2S. The lowest BCUT2D eigenvalue weighted by Crippen LogP contribution is -2.09. The molecule has 106 valence electrons. The Morgan fingerprint density at radius 3 is 2.37 bits per heavy atom. The standard InChI is InChI=1S/C13H15Cl3O2S/c1-7(2)6-19-11-8(3)9(12(17)18)4-5-10(11)13(14,15)16/h4-5,7H,6H2,1-3H3,(H,17,18). The largest absolute Gasteiger partial charge is 0.478 e. The molecule has 0 saturated carbocycles. The van der Waals surface area contributed by atoms with Gasteiger partial charge in [-0.3, -0.25) is 0 Å². The van der Waals surface area contributed by atoms with E-state index in [1.54, 1.807) is 13.0 Å². The number of carboxylic acid groups (broad SMARTS) is 1. The predicted octanol–water partition coefficient (Wildman–Crippen LogP) is 5.27. The number of hydrogen-bond donors (Lipinski definition) is 1. The van der Waals surface area contributed by atoms with Crippen LogP contribution in [0.3, 0.4) is 0 Å². The van der Waals surface area contributed by atoms with E-state index in [2.05, 4.69) is 13.8 Å². The van der Waals surface area contributed by atoms with E-state index in [1.165, 1.54) is 17.8 Å². The first kappa shape index (κ1) is 17.0. The van der Waals surface area contributed by atoms with Crippen molar-refractivity contribution >= 4 is 52.5 Å². The third-order valence-corrected chi connectivity index (χ3v) is 4.76. The highest BCUT2D eigenvalue weighted by Gasteiger charge is 2.28. The van der Waals surface area contributed by atoms with Crippen LogP contribution in [0, 0.1) is 12.8 Å². The van der Waals surface area contributed by atoms with Crippen LogP contribution in [0.5, 0.6) is 0 Å². The van der Waals surface area contributed by atoms with Crippen molar-refractivity contribution in [2.75, 3.05) is 5.75 Å². The van der Waals surface area contributed by atoms with E-state index in [1.807, 2.05) is 0 Å². The fourth-order valence-electron chi connectivity index (χ4n) is 1.58. The molecule has 0 aliphatic rings. The summed E-state index contributed by atoms with van der Waals surface area (Å²) in [5.41, 5.74) is 1.41. The zero-order valence-corrected chi connectivity index (χ0v) is 13.9. The van der Waals surface area contributed by atoms with Crippen LogP contribution < -0.4 is 0 Å². The Morgan fingerprint density at radius 2 is 1.95 bits per heavy atom. The monoisotopic (exact) mass is 340 g/mol. The average Bonchev–Trinajstić information content (AvgIpc) is 2.24. The fourth-order valence-corrected chi connectivity index (χ4v) is 3.43. The number of thioether (sulfide) groups is 1. The van der Waals surface area contributed by atoms with Crippen molar-refractivity contribution in [2.45, 2.75) is 29.5 Å². The number of carboxylic acids is 1. The van der Waals surface area contributed by atoms with Crippen molar-refractivity contribution < 1.29 is 9.90 Å². The highest BCUT2D eigenvalue weighted by Crippen LogP contribution is 2.45. The van der Waals surface area contributed by atoms with E-state index in [-0.39, 0.29) is 5.56 Å². The van der Waals surface area contributed by atoms with Crippen LogP contribution in [0.25, 0.3) is 0 Å². The Morgan fingerprint density at radius 1 is 1.37 bits per heavy atom. The first-order valence-electron chi connectivity index (χ1n) is 5.71. The average molecular weight is 342 g/mol. The molecule has 0 unspecified atom stereocenters. The Hall–Kier alpha value is -0.0900. The molecule has 0 aromatic heterocycles. The summed E-state index contributed by atoms with van der Waals surface area (Å²) in [6.45, 7) is 5.91. The van der Waals surface area contributed by atoms with Crippen molar-refractivity contribution in [3.05, 3.63) is 28.8 Å². The molecule has 0 aliphatic heterocycles. The maximum atomic E-state index is 11.2.